The van der Waals surface area contributed by atoms with Crippen molar-refractivity contribution >= 4 is 17.5 Å². The number of benzene rings is 1. The molecule has 9 nitrogen and oxygen atoms in total. The van der Waals surface area contributed by atoms with Crippen LogP contribution in [-0.2, 0) is 20.7 Å². The summed E-state index contributed by atoms with van der Waals surface area (Å²) in [7, 11) is 0. The Hall–Kier alpha value is -3.69. The maximum Gasteiger partial charge on any atom is 0.330 e. The molecule has 1 saturated heterocycles. The number of phenols is 1. The van der Waals surface area contributed by atoms with E-state index in [1.54, 1.807) is 6.08 Å². The third kappa shape index (κ3) is 3.93. The standard InChI is InChI=1S/C38H44O9/c1-17(2)9-10-22-30-26(25-21(18(3)4)12-13-36(8,45-30)33(25)42)29(40)27-28(39)23-15-20-16-24-35(6,7)47-37(32(20)41,14-11-19(5)34(43)44)38(23,24)46-31(22)27/h9,11,15,20-21,24-25,33,40,42H,3,10,12-14,16H2,1-2,4-8H3,(H,43,44). The number of hydrogen-bond acceptors (Lipinski definition) is 8. The number of ketones is 2. The molecule has 0 aromatic heterocycles. The van der Waals surface area contributed by atoms with Crippen molar-refractivity contribution in [2.24, 2.45) is 17.8 Å². The quantitative estimate of drug-likeness (QED) is 0.255. The zero-order chi connectivity index (χ0) is 34.2. The van der Waals surface area contributed by atoms with E-state index in [4.69, 9.17) is 14.2 Å². The molecule has 9 heteroatoms. The summed E-state index contributed by atoms with van der Waals surface area (Å²) in [4.78, 5) is 41.1. The van der Waals surface area contributed by atoms with Crippen LogP contribution in [0.3, 0.4) is 0 Å². The van der Waals surface area contributed by atoms with Gasteiger partial charge in [0.05, 0.1) is 5.60 Å². The van der Waals surface area contributed by atoms with E-state index < -0.39 is 58.0 Å². The summed E-state index contributed by atoms with van der Waals surface area (Å²) < 4.78 is 20.6. The minimum absolute atomic E-state index is 0.00663. The Labute approximate surface area is 275 Å². The predicted molar refractivity (Wildman–Crippen MR) is 173 cm³/mol. The lowest BCUT2D eigenvalue weighted by Crippen LogP contribution is -2.72. The van der Waals surface area contributed by atoms with Gasteiger partial charge in [0.2, 0.25) is 0 Å². The Morgan fingerprint density at radius 1 is 1.09 bits per heavy atom. The molecular weight excluding hydrogens is 600 g/mol. The van der Waals surface area contributed by atoms with E-state index in [0.29, 0.717) is 42.6 Å². The lowest BCUT2D eigenvalue weighted by molar-refractivity contribution is -0.171. The molecule has 8 unspecified atom stereocenters. The first-order chi connectivity index (χ1) is 21.9. The van der Waals surface area contributed by atoms with Gasteiger partial charge in [0, 0.05) is 46.4 Å². The smallest absolute Gasteiger partial charge is 0.330 e. The molecule has 3 fully saturated rings. The van der Waals surface area contributed by atoms with Crippen LogP contribution in [0, 0.1) is 17.8 Å². The fraction of sp³-hybridized carbons (Fsp3) is 0.553. The summed E-state index contributed by atoms with van der Waals surface area (Å²) in [5.41, 5.74) is -1.93. The summed E-state index contributed by atoms with van der Waals surface area (Å²) in [6, 6.07) is 0. The fourth-order valence-electron chi connectivity index (χ4n) is 9.64. The largest absolute Gasteiger partial charge is 0.507 e. The maximum absolute atomic E-state index is 15.0. The van der Waals surface area contributed by atoms with Gasteiger partial charge in [-0.25, -0.2) is 4.79 Å². The monoisotopic (exact) mass is 644 g/mol. The van der Waals surface area contributed by atoms with Crippen molar-refractivity contribution in [1.29, 1.82) is 0 Å². The van der Waals surface area contributed by atoms with Crippen LogP contribution >= 0.6 is 0 Å². The first-order valence-electron chi connectivity index (χ1n) is 16.6. The van der Waals surface area contributed by atoms with Crippen LogP contribution in [0.15, 0.2) is 47.1 Å². The van der Waals surface area contributed by atoms with Crippen LogP contribution < -0.4 is 9.47 Å². The number of phenolic OH excluding ortho intramolecular Hbond substituents is 1. The first-order valence-corrected chi connectivity index (χ1v) is 16.6. The number of fused-ring (bicyclic) bond motifs is 5. The van der Waals surface area contributed by atoms with Gasteiger partial charge in [-0.2, -0.15) is 0 Å². The van der Waals surface area contributed by atoms with Crippen molar-refractivity contribution < 1.29 is 43.9 Å². The van der Waals surface area contributed by atoms with Gasteiger partial charge in [-0.05, 0) is 80.1 Å². The van der Waals surface area contributed by atoms with Gasteiger partial charge in [0.25, 0.3) is 0 Å². The van der Waals surface area contributed by atoms with E-state index in [1.165, 1.54) is 13.0 Å². The number of rotatable bonds is 6. The Bertz CT molecular complexity index is 1770. The number of aliphatic carboxylic acids is 1. The molecule has 2 saturated carbocycles. The molecule has 0 radical (unpaired) electrons. The zero-order valence-corrected chi connectivity index (χ0v) is 28.2. The molecule has 1 aromatic carbocycles. The number of ether oxygens (including phenoxy) is 3. The van der Waals surface area contributed by atoms with Crippen LogP contribution in [0.4, 0.5) is 0 Å². The minimum Gasteiger partial charge on any atom is -0.507 e. The van der Waals surface area contributed by atoms with E-state index in [9.17, 15) is 29.7 Å². The number of hydrogen-bond donors (Lipinski definition) is 3. The second kappa shape index (κ2) is 9.92. The van der Waals surface area contributed by atoms with Gasteiger partial charge < -0.3 is 29.5 Å². The first kappa shape index (κ1) is 31.9. The fourth-order valence-corrected chi connectivity index (χ4v) is 9.64. The molecule has 8 rings (SSSR count). The molecule has 250 valence electrons. The summed E-state index contributed by atoms with van der Waals surface area (Å²) in [5.74, 6) is -3.32. The van der Waals surface area contributed by atoms with Gasteiger partial charge >= 0.3 is 5.97 Å². The molecular formula is C38H44O9. The number of carboxylic acid groups (broad SMARTS) is 1. The minimum atomic E-state index is -1.66. The average molecular weight is 645 g/mol. The predicted octanol–water partition coefficient (Wildman–Crippen LogP) is 5.91. The highest BCUT2D eigenvalue weighted by atomic mass is 16.6. The van der Waals surface area contributed by atoms with E-state index in [-0.39, 0.29) is 46.3 Å². The summed E-state index contributed by atoms with van der Waals surface area (Å²) in [5, 5.41) is 33.6. The number of allylic oxidation sites excluding steroid dienone is 4. The summed E-state index contributed by atoms with van der Waals surface area (Å²) >= 11 is 0. The van der Waals surface area contributed by atoms with Crippen LogP contribution in [0.5, 0.6) is 17.2 Å². The van der Waals surface area contributed by atoms with E-state index in [0.717, 1.165) is 11.1 Å². The Morgan fingerprint density at radius 3 is 2.43 bits per heavy atom. The maximum atomic E-state index is 15.0. The average Bonchev–Trinajstić information content (AvgIpc) is 3.13. The van der Waals surface area contributed by atoms with Crippen molar-refractivity contribution in [2.75, 3.05) is 0 Å². The Morgan fingerprint density at radius 2 is 1.79 bits per heavy atom. The number of aliphatic hydroxyl groups excluding tert-OH is 1. The Balaban J connectivity index is 1.53. The van der Waals surface area contributed by atoms with Crippen LogP contribution in [-0.4, -0.2) is 61.4 Å². The molecule has 8 atom stereocenters. The van der Waals surface area contributed by atoms with Crippen LogP contribution in [0.1, 0.15) is 102 Å². The number of carboxylic acids is 1. The molecule has 47 heavy (non-hydrogen) atoms. The molecule has 4 aliphatic carbocycles. The van der Waals surface area contributed by atoms with Crippen LogP contribution in [0.2, 0.25) is 0 Å². The molecule has 1 aromatic rings. The Kier molecular flexibility index (Phi) is 6.73. The third-order valence-electron chi connectivity index (χ3n) is 12.0. The van der Waals surface area contributed by atoms with Crippen molar-refractivity contribution in [1.82, 2.24) is 0 Å². The summed E-state index contributed by atoms with van der Waals surface area (Å²) in [6.07, 6.45) is 6.10. The molecule has 0 amide bonds. The number of aromatic hydroxyl groups is 1. The van der Waals surface area contributed by atoms with Gasteiger partial charge in [-0.3, -0.25) is 9.59 Å². The van der Waals surface area contributed by atoms with Crippen molar-refractivity contribution in [3.8, 4) is 17.2 Å². The number of carbonyl (C=O) groups is 3. The molecule has 3 aliphatic heterocycles. The van der Waals surface area contributed by atoms with E-state index in [1.807, 2.05) is 47.6 Å². The normalized spacial score (nSPS) is 37.1. The molecule has 3 heterocycles. The molecule has 6 bridgehead atoms. The van der Waals surface area contributed by atoms with Gasteiger partial charge in [0.1, 0.15) is 34.5 Å². The highest BCUT2D eigenvalue weighted by molar-refractivity contribution is 6.18. The molecule has 3 N–H and O–H groups in total. The number of Topliss-reactive ketones (excluding diaryl/α,β-unsaturated/α-hetero) is 2. The van der Waals surface area contributed by atoms with E-state index >= 15 is 0 Å². The molecule has 1 spiro atoms. The summed E-state index contributed by atoms with van der Waals surface area (Å²) in [6.45, 7) is 17.2. The van der Waals surface area contributed by atoms with Gasteiger partial charge in [-0.15, -0.1) is 0 Å². The van der Waals surface area contributed by atoms with Crippen molar-refractivity contribution in [3.05, 3.63) is 63.8 Å². The second-order valence-electron chi connectivity index (χ2n) is 15.6. The van der Waals surface area contributed by atoms with E-state index in [2.05, 4.69) is 6.58 Å². The van der Waals surface area contributed by atoms with Gasteiger partial charge in [0.15, 0.2) is 22.8 Å². The van der Waals surface area contributed by atoms with Crippen LogP contribution in [0.25, 0.3) is 0 Å². The third-order valence-corrected chi connectivity index (χ3v) is 12.0. The molecule has 7 aliphatic rings. The highest BCUT2D eigenvalue weighted by Crippen LogP contribution is 2.69. The SMILES string of the molecule is C=C(C)C1CCC2(C)Oc3c(CC=C(C)C)c4c(c(O)c3C1C2O)C(=O)C1=CC2CC3C(C)(C)OC(CC=C(C)C(=O)O)(C2=O)C13O4. The number of aliphatic hydroxyl groups is 1. The number of carbonyl (C=O) groups excluding carboxylic acids is 2. The topological polar surface area (TPSA) is 140 Å². The lowest BCUT2D eigenvalue weighted by atomic mass is 9.51. The van der Waals surface area contributed by atoms with Gasteiger partial charge in [-0.1, -0.05) is 36.0 Å². The van der Waals surface area contributed by atoms with Crippen molar-refractivity contribution in [2.45, 2.75) is 115 Å². The highest BCUT2D eigenvalue weighted by Gasteiger charge is 2.81. The zero-order valence-electron chi connectivity index (χ0n) is 28.2. The second-order valence-corrected chi connectivity index (χ2v) is 15.6. The lowest BCUT2D eigenvalue weighted by Gasteiger charge is -2.57. The van der Waals surface area contributed by atoms with Crippen molar-refractivity contribution in [3.63, 3.8) is 0 Å².